The average Bonchev–Trinajstić information content (AvgIpc) is 1.85. The maximum Gasteiger partial charge on any atom is 0.326 e. The predicted molar refractivity (Wildman–Crippen MR) is 43.4 cm³/mol. The van der Waals surface area contributed by atoms with Crippen molar-refractivity contribution in [2.24, 2.45) is 0 Å². The summed E-state index contributed by atoms with van der Waals surface area (Å²) < 4.78 is 33.3. The van der Waals surface area contributed by atoms with Gasteiger partial charge in [0, 0.05) is 51.4 Å². The molecule has 1 radical (unpaired) electrons. The van der Waals surface area contributed by atoms with Gasteiger partial charge in [-0.15, -0.1) is 0 Å². The molecule has 0 aromatic rings. The van der Waals surface area contributed by atoms with E-state index in [1.54, 1.807) is 6.92 Å². The van der Waals surface area contributed by atoms with E-state index >= 15 is 0 Å². The van der Waals surface area contributed by atoms with Crippen LogP contribution in [-0.2, 0) is 19.6 Å². The van der Waals surface area contributed by atoms with Crippen LogP contribution in [0, 0.1) is 0 Å². The number of rotatable bonds is 3. The van der Waals surface area contributed by atoms with Crippen molar-refractivity contribution in [2.75, 3.05) is 6.61 Å². The van der Waals surface area contributed by atoms with Gasteiger partial charge in [-0.2, -0.15) is 8.42 Å². The fourth-order valence-electron chi connectivity index (χ4n) is 0.381. The molecule has 12 heavy (non-hydrogen) atoms. The standard InChI is InChI=1S/C5H10O5S.K/c1-3-10-5(6)4(2)11(7,8)9;/h4H,3H2,1-2H3,(H,7,8,9);. The van der Waals surface area contributed by atoms with Crippen LogP contribution in [0.2, 0.25) is 0 Å². The fraction of sp³-hybridized carbons (Fsp3) is 0.800. The van der Waals surface area contributed by atoms with Gasteiger partial charge in [0.1, 0.15) is 0 Å². The molecule has 0 saturated carbocycles. The van der Waals surface area contributed by atoms with Crippen LogP contribution in [0.15, 0.2) is 0 Å². The van der Waals surface area contributed by atoms with Crippen molar-refractivity contribution in [3.05, 3.63) is 0 Å². The van der Waals surface area contributed by atoms with E-state index in [4.69, 9.17) is 4.55 Å². The first kappa shape index (κ1) is 15.5. The number of carbonyl (C=O) groups excluding carboxylic acids is 1. The molecular formula is C5H10KO5S. The van der Waals surface area contributed by atoms with E-state index in [1.165, 1.54) is 0 Å². The van der Waals surface area contributed by atoms with Crippen LogP contribution in [0.25, 0.3) is 0 Å². The summed E-state index contributed by atoms with van der Waals surface area (Å²) in [5, 5.41) is -1.50. The van der Waals surface area contributed by atoms with Gasteiger partial charge in [-0.1, -0.05) is 0 Å². The van der Waals surface area contributed by atoms with E-state index < -0.39 is 21.3 Å². The minimum atomic E-state index is -4.30. The van der Waals surface area contributed by atoms with Crippen molar-refractivity contribution >= 4 is 67.5 Å². The van der Waals surface area contributed by atoms with E-state index in [2.05, 4.69) is 4.74 Å². The second-order valence-electron chi connectivity index (χ2n) is 1.91. The van der Waals surface area contributed by atoms with Crippen LogP contribution in [0.3, 0.4) is 0 Å². The maximum absolute atomic E-state index is 10.6. The average molecular weight is 221 g/mol. The summed E-state index contributed by atoms with van der Waals surface area (Å²) in [5.41, 5.74) is 0. The molecule has 0 aromatic carbocycles. The molecule has 0 heterocycles. The molecule has 0 fully saturated rings. The predicted octanol–water partition coefficient (Wildman–Crippen LogP) is -0.555. The van der Waals surface area contributed by atoms with Crippen LogP contribution < -0.4 is 0 Å². The number of carbonyl (C=O) groups is 1. The molecule has 7 heteroatoms. The van der Waals surface area contributed by atoms with Crippen LogP contribution >= 0.6 is 0 Å². The zero-order valence-corrected chi connectivity index (χ0v) is 11.2. The molecule has 0 aliphatic carbocycles. The van der Waals surface area contributed by atoms with E-state index in [-0.39, 0.29) is 58.0 Å². The Bertz CT molecular complexity index is 234. The summed E-state index contributed by atoms with van der Waals surface area (Å²) in [4.78, 5) is 10.6. The van der Waals surface area contributed by atoms with Gasteiger partial charge in [0.2, 0.25) is 0 Å². The van der Waals surface area contributed by atoms with Gasteiger partial charge in [-0.05, 0) is 13.8 Å². The van der Waals surface area contributed by atoms with E-state index in [0.29, 0.717) is 0 Å². The molecule has 0 rings (SSSR count). The van der Waals surface area contributed by atoms with Gasteiger partial charge in [0.25, 0.3) is 10.1 Å². The Morgan fingerprint density at radius 3 is 2.25 bits per heavy atom. The van der Waals surface area contributed by atoms with Gasteiger partial charge in [-0.25, -0.2) is 0 Å². The van der Waals surface area contributed by atoms with Gasteiger partial charge < -0.3 is 4.74 Å². The SMILES string of the molecule is CCOC(=O)C(C)S(=O)(=O)O.[K]. The van der Waals surface area contributed by atoms with Crippen LogP contribution in [-0.4, -0.2) is 82.2 Å². The third-order valence-corrected chi connectivity index (χ3v) is 2.15. The molecule has 67 valence electrons. The third-order valence-electron chi connectivity index (χ3n) is 1.07. The maximum atomic E-state index is 10.6. The monoisotopic (exact) mass is 221 g/mol. The van der Waals surface area contributed by atoms with Crippen molar-refractivity contribution in [1.82, 2.24) is 0 Å². The van der Waals surface area contributed by atoms with Gasteiger partial charge in [0.15, 0.2) is 5.25 Å². The van der Waals surface area contributed by atoms with Crippen molar-refractivity contribution < 1.29 is 22.5 Å². The number of hydrogen-bond donors (Lipinski definition) is 1. The Kier molecular flexibility index (Phi) is 8.35. The molecule has 0 saturated heterocycles. The Hall–Kier alpha value is 1.02. The number of ether oxygens (including phenoxy) is 1. The first-order valence-corrected chi connectivity index (χ1v) is 4.52. The fourth-order valence-corrected chi connectivity index (χ4v) is 0.692. The smallest absolute Gasteiger partial charge is 0.326 e. The summed E-state index contributed by atoms with van der Waals surface area (Å²) in [6, 6.07) is 0. The minimum Gasteiger partial charge on any atom is -0.465 e. The molecule has 1 unspecified atom stereocenters. The number of esters is 1. The quantitative estimate of drug-likeness (QED) is 0.393. The van der Waals surface area contributed by atoms with Gasteiger partial charge in [-0.3, -0.25) is 9.35 Å². The van der Waals surface area contributed by atoms with Crippen molar-refractivity contribution in [3.63, 3.8) is 0 Å². The zero-order valence-electron chi connectivity index (χ0n) is 7.27. The normalized spacial score (nSPS) is 12.9. The molecule has 1 atom stereocenters. The zero-order chi connectivity index (χ0) is 9.07. The molecule has 0 spiro atoms. The molecule has 0 aliphatic rings. The van der Waals surface area contributed by atoms with Gasteiger partial charge >= 0.3 is 5.97 Å². The molecule has 0 aromatic heterocycles. The first-order valence-electron chi connectivity index (χ1n) is 3.02. The topological polar surface area (TPSA) is 80.7 Å². The number of hydrogen-bond acceptors (Lipinski definition) is 4. The van der Waals surface area contributed by atoms with Crippen LogP contribution in [0.1, 0.15) is 13.8 Å². The third kappa shape index (κ3) is 5.63. The molecule has 0 aliphatic heterocycles. The summed E-state index contributed by atoms with van der Waals surface area (Å²) in [6.45, 7) is 2.71. The Morgan fingerprint density at radius 2 is 2.00 bits per heavy atom. The summed E-state index contributed by atoms with van der Waals surface area (Å²) in [5.74, 6) is -0.935. The summed E-state index contributed by atoms with van der Waals surface area (Å²) >= 11 is 0. The second kappa shape index (κ2) is 6.47. The van der Waals surface area contributed by atoms with Gasteiger partial charge in [0.05, 0.1) is 6.61 Å². The summed E-state index contributed by atoms with van der Waals surface area (Å²) in [6.07, 6.45) is 0. The van der Waals surface area contributed by atoms with E-state index in [0.717, 1.165) is 6.92 Å². The molecule has 0 bridgehead atoms. The van der Waals surface area contributed by atoms with E-state index in [9.17, 15) is 13.2 Å². The van der Waals surface area contributed by atoms with Crippen molar-refractivity contribution in [2.45, 2.75) is 19.1 Å². The van der Waals surface area contributed by atoms with Crippen molar-refractivity contribution in [1.29, 1.82) is 0 Å². The summed E-state index contributed by atoms with van der Waals surface area (Å²) in [7, 11) is -4.30. The minimum absolute atomic E-state index is 0. The van der Waals surface area contributed by atoms with Crippen LogP contribution in [0.5, 0.6) is 0 Å². The van der Waals surface area contributed by atoms with E-state index in [1.807, 2.05) is 0 Å². The first-order chi connectivity index (χ1) is 4.89. The Morgan fingerprint density at radius 1 is 1.58 bits per heavy atom. The molecule has 1 N–H and O–H groups in total. The Labute approximate surface area is 114 Å². The molecule has 5 nitrogen and oxygen atoms in total. The van der Waals surface area contributed by atoms with Crippen molar-refractivity contribution in [3.8, 4) is 0 Å². The second-order valence-corrected chi connectivity index (χ2v) is 3.65. The molecule has 0 amide bonds. The Balaban J connectivity index is 0. The van der Waals surface area contributed by atoms with Crippen LogP contribution in [0.4, 0.5) is 0 Å². The molecular weight excluding hydrogens is 211 g/mol. The largest absolute Gasteiger partial charge is 0.465 e.